The molecule has 1 aliphatic rings. The smallest absolute Gasteiger partial charge is 0.336 e. The number of carbonyl (C=O) groups excluding carboxylic acids is 3. The number of benzene rings is 3. The zero-order valence-electron chi connectivity index (χ0n) is 21.8. The Morgan fingerprint density at radius 1 is 0.976 bits per heavy atom. The fraction of sp³-hybridized carbons (Fsp3) is 0.138. The molecule has 0 fully saturated rings. The van der Waals surface area contributed by atoms with Crippen LogP contribution in [0.15, 0.2) is 87.1 Å². The van der Waals surface area contributed by atoms with Crippen molar-refractivity contribution in [3.8, 4) is 11.5 Å². The Balaban J connectivity index is 1.16. The van der Waals surface area contributed by atoms with Gasteiger partial charge in [-0.05, 0) is 42.8 Å². The van der Waals surface area contributed by atoms with Gasteiger partial charge in [0.05, 0.1) is 28.9 Å². The molecule has 0 atom stereocenters. The lowest BCUT2D eigenvalue weighted by atomic mass is 10.1. The van der Waals surface area contributed by atoms with Crippen molar-refractivity contribution in [1.29, 1.82) is 0 Å². The zero-order valence-corrected chi connectivity index (χ0v) is 21.8. The van der Waals surface area contributed by atoms with Crippen LogP contribution in [0.1, 0.15) is 32.7 Å². The minimum Gasteiger partial charge on any atom is -0.493 e. The lowest BCUT2D eigenvalue weighted by molar-refractivity contribution is -0.384. The van der Waals surface area contributed by atoms with Crippen LogP contribution in [0.2, 0.25) is 0 Å². The number of nitro benzene ring substituents is 1. The number of ether oxygens (including phenoxy) is 2. The van der Waals surface area contributed by atoms with Crippen LogP contribution in [0, 0.1) is 10.1 Å². The normalized spacial score (nSPS) is 12.5. The largest absolute Gasteiger partial charge is 0.493 e. The van der Waals surface area contributed by atoms with Gasteiger partial charge in [-0.3, -0.25) is 29.4 Å². The molecule has 0 spiro atoms. The molecule has 0 saturated carbocycles. The topological polar surface area (TPSA) is 171 Å². The van der Waals surface area contributed by atoms with Gasteiger partial charge in [0.15, 0.2) is 6.61 Å². The fourth-order valence-electron chi connectivity index (χ4n) is 4.21. The average Bonchev–Trinajstić information content (AvgIpc) is 3.23. The van der Waals surface area contributed by atoms with Crippen LogP contribution in [-0.2, 0) is 4.79 Å². The molecule has 0 bridgehead atoms. The lowest BCUT2D eigenvalue weighted by Crippen LogP contribution is -2.31. The lowest BCUT2D eigenvalue weighted by Gasteiger charge is -2.14. The highest BCUT2D eigenvalue weighted by Crippen LogP contribution is 2.25. The number of hydrogen-bond acceptors (Lipinski definition) is 10. The van der Waals surface area contributed by atoms with Gasteiger partial charge >= 0.3 is 5.63 Å². The summed E-state index contributed by atoms with van der Waals surface area (Å²) in [6, 6.07) is 18.1. The average molecular weight is 571 g/mol. The van der Waals surface area contributed by atoms with Crippen LogP contribution in [0.3, 0.4) is 0 Å². The third kappa shape index (κ3) is 6.14. The maximum absolute atomic E-state index is 12.5. The Hall–Kier alpha value is -5.85. The van der Waals surface area contributed by atoms with Crippen molar-refractivity contribution in [2.75, 3.05) is 19.8 Å². The van der Waals surface area contributed by atoms with E-state index in [9.17, 15) is 29.3 Å². The van der Waals surface area contributed by atoms with E-state index in [1.165, 1.54) is 36.5 Å². The highest BCUT2D eigenvalue weighted by atomic mass is 16.6. The first-order chi connectivity index (χ1) is 20.3. The minimum absolute atomic E-state index is 0.0954. The summed E-state index contributed by atoms with van der Waals surface area (Å²) in [5.41, 5.74) is 2.78. The van der Waals surface area contributed by atoms with Gasteiger partial charge in [0, 0.05) is 41.8 Å². The second-order valence-corrected chi connectivity index (χ2v) is 9.02. The van der Waals surface area contributed by atoms with E-state index in [0.717, 1.165) is 4.90 Å². The van der Waals surface area contributed by atoms with Gasteiger partial charge in [-0.25, -0.2) is 10.2 Å². The number of nitrogens with zero attached hydrogens (tertiary/aromatic N) is 3. The summed E-state index contributed by atoms with van der Waals surface area (Å²) < 4.78 is 16.3. The number of rotatable bonds is 11. The number of carbonyl (C=O) groups is 3. The molecule has 0 unspecified atom stereocenters. The van der Waals surface area contributed by atoms with Crippen molar-refractivity contribution >= 4 is 40.6 Å². The summed E-state index contributed by atoms with van der Waals surface area (Å²) in [5.74, 6) is -0.812. The van der Waals surface area contributed by atoms with Gasteiger partial charge in [0.2, 0.25) is 0 Å². The predicted molar refractivity (Wildman–Crippen MR) is 149 cm³/mol. The van der Waals surface area contributed by atoms with Crippen LogP contribution in [0.25, 0.3) is 11.0 Å². The van der Waals surface area contributed by atoms with E-state index in [1.807, 2.05) is 0 Å². The van der Waals surface area contributed by atoms with Crippen LogP contribution in [0.5, 0.6) is 11.5 Å². The number of amides is 3. The van der Waals surface area contributed by atoms with Crippen molar-refractivity contribution in [2.24, 2.45) is 5.10 Å². The number of imide groups is 1. The van der Waals surface area contributed by atoms with Crippen molar-refractivity contribution in [3.63, 3.8) is 0 Å². The summed E-state index contributed by atoms with van der Waals surface area (Å²) >= 11 is 0. The number of hydrogen-bond donors (Lipinski definition) is 1. The van der Waals surface area contributed by atoms with E-state index in [0.29, 0.717) is 34.3 Å². The van der Waals surface area contributed by atoms with Gasteiger partial charge in [0.25, 0.3) is 23.4 Å². The molecule has 13 nitrogen and oxygen atoms in total. The summed E-state index contributed by atoms with van der Waals surface area (Å²) in [7, 11) is 0. The van der Waals surface area contributed by atoms with E-state index in [-0.39, 0.29) is 42.0 Å². The molecule has 0 saturated heterocycles. The Morgan fingerprint density at radius 3 is 2.45 bits per heavy atom. The molecule has 1 N–H and O–H groups in total. The van der Waals surface area contributed by atoms with Gasteiger partial charge in [-0.2, -0.15) is 5.10 Å². The Kier molecular flexibility index (Phi) is 8.00. The fourth-order valence-corrected chi connectivity index (χ4v) is 4.21. The summed E-state index contributed by atoms with van der Waals surface area (Å²) in [5, 5.41) is 15.8. The number of hydrazone groups is 1. The number of fused-ring (bicyclic) bond motifs is 2. The van der Waals surface area contributed by atoms with Crippen molar-refractivity contribution in [3.05, 3.63) is 110 Å². The molecule has 2 heterocycles. The molecule has 212 valence electrons. The summed E-state index contributed by atoms with van der Waals surface area (Å²) in [4.78, 5) is 60.5. The number of non-ortho nitro benzene ring substituents is 1. The summed E-state index contributed by atoms with van der Waals surface area (Å²) in [6.45, 7) is -0.184. The van der Waals surface area contributed by atoms with Crippen LogP contribution in [0.4, 0.5) is 5.69 Å². The molecule has 4 aromatic rings. The monoisotopic (exact) mass is 570 g/mol. The molecular weight excluding hydrogens is 548 g/mol. The Morgan fingerprint density at radius 2 is 1.71 bits per heavy atom. The Labute approximate surface area is 237 Å². The van der Waals surface area contributed by atoms with Gasteiger partial charge < -0.3 is 13.9 Å². The van der Waals surface area contributed by atoms with E-state index >= 15 is 0 Å². The van der Waals surface area contributed by atoms with Crippen LogP contribution >= 0.6 is 0 Å². The highest BCUT2D eigenvalue weighted by molar-refractivity contribution is 6.21. The van der Waals surface area contributed by atoms with E-state index in [4.69, 9.17) is 13.9 Å². The molecule has 42 heavy (non-hydrogen) atoms. The molecule has 13 heteroatoms. The summed E-state index contributed by atoms with van der Waals surface area (Å²) in [6.07, 6.45) is 1.50. The maximum atomic E-state index is 12.5. The van der Waals surface area contributed by atoms with Gasteiger partial charge in [0.1, 0.15) is 17.1 Å². The third-order valence-electron chi connectivity index (χ3n) is 6.22. The first-order valence-electron chi connectivity index (χ1n) is 12.7. The minimum atomic E-state index is -0.616. The first kappa shape index (κ1) is 27.7. The first-order valence-corrected chi connectivity index (χ1v) is 12.7. The molecular formula is C29H22N4O9. The molecule has 0 radical (unpaired) electrons. The molecule has 3 amide bonds. The third-order valence-corrected chi connectivity index (χ3v) is 6.22. The standard InChI is InChI=1S/C29H22N4O9/c34-26(17-41-21-9-6-18-7-11-27(35)42-25(18)15-21)31-30-16-19-14-20(33(38)39)8-10-24(19)40-13-3-12-32-28(36)22-4-1-2-5-23(22)29(32)37/h1-2,4-11,14-16H,3,12-13,17H2,(H,31,34)/b30-16+. The maximum Gasteiger partial charge on any atom is 0.336 e. The second kappa shape index (κ2) is 12.1. The zero-order chi connectivity index (χ0) is 29.6. The van der Waals surface area contributed by atoms with Crippen LogP contribution in [-0.4, -0.2) is 53.5 Å². The predicted octanol–water partition coefficient (Wildman–Crippen LogP) is 3.30. The van der Waals surface area contributed by atoms with E-state index in [2.05, 4.69) is 10.5 Å². The molecule has 1 aromatic heterocycles. The number of nitrogens with one attached hydrogen (secondary N) is 1. The molecule has 1 aliphatic heterocycles. The quantitative estimate of drug-likeness (QED) is 0.0709. The van der Waals surface area contributed by atoms with Crippen LogP contribution < -0.4 is 20.5 Å². The Bertz CT molecular complexity index is 1760. The molecule has 3 aromatic carbocycles. The van der Waals surface area contributed by atoms with Crippen molar-refractivity contribution < 1.29 is 33.2 Å². The van der Waals surface area contributed by atoms with Gasteiger partial charge in [-0.1, -0.05) is 12.1 Å². The second-order valence-electron chi connectivity index (χ2n) is 9.02. The molecule has 0 aliphatic carbocycles. The number of nitro groups is 1. The van der Waals surface area contributed by atoms with E-state index in [1.54, 1.807) is 42.5 Å². The van der Waals surface area contributed by atoms with E-state index < -0.39 is 23.1 Å². The SMILES string of the molecule is O=C(COc1ccc2ccc(=O)oc2c1)N/N=C/c1cc([N+](=O)[O-])ccc1OCCCN1C(=O)c2ccccc2C1=O. The van der Waals surface area contributed by atoms with Crippen molar-refractivity contribution in [1.82, 2.24) is 10.3 Å². The highest BCUT2D eigenvalue weighted by Gasteiger charge is 2.34. The van der Waals surface area contributed by atoms with Gasteiger partial charge in [-0.15, -0.1) is 0 Å². The van der Waals surface area contributed by atoms with Crippen molar-refractivity contribution in [2.45, 2.75) is 6.42 Å². The molecule has 5 rings (SSSR count).